The molecule has 0 atom stereocenters. The van der Waals surface area contributed by atoms with E-state index < -0.39 is 11.7 Å². The Labute approximate surface area is 147 Å². The van der Waals surface area contributed by atoms with Gasteiger partial charge >= 0.3 is 6.09 Å². The second-order valence-corrected chi connectivity index (χ2v) is 7.38. The van der Waals surface area contributed by atoms with Crippen LogP contribution in [0.3, 0.4) is 0 Å². The van der Waals surface area contributed by atoms with Crippen LogP contribution in [0.5, 0.6) is 0 Å². The zero-order chi connectivity index (χ0) is 16.0. The number of halogens is 2. The predicted octanol–water partition coefficient (Wildman–Crippen LogP) is 4.13. The van der Waals surface area contributed by atoms with E-state index in [-0.39, 0.29) is 5.82 Å². The molecule has 0 saturated heterocycles. The second kappa shape index (κ2) is 8.00. The van der Waals surface area contributed by atoms with Crippen LogP contribution >= 0.6 is 46.1 Å². The van der Waals surface area contributed by atoms with Gasteiger partial charge in [0.05, 0.1) is 5.56 Å². The van der Waals surface area contributed by atoms with Crippen LogP contribution in [-0.2, 0) is 9.53 Å². The third-order valence-corrected chi connectivity index (χ3v) is 3.25. The number of hydrogen-bond donors (Lipinski definition) is 0. The Morgan fingerprint density at radius 1 is 1.57 bits per heavy atom. The summed E-state index contributed by atoms with van der Waals surface area (Å²) in [5.41, 5.74) is -0.260. The maximum atomic E-state index is 12.1. The van der Waals surface area contributed by atoms with E-state index in [9.17, 15) is 9.59 Å². The van der Waals surface area contributed by atoms with Gasteiger partial charge in [0.15, 0.2) is 5.82 Å². The van der Waals surface area contributed by atoms with Crippen LogP contribution in [0.25, 0.3) is 0 Å². The summed E-state index contributed by atoms with van der Waals surface area (Å²) < 4.78 is 5.88. The average Bonchev–Trinajstić information content (AvgIpc) is 2.37. The normalized spacial score (nSPS) is 10.3. The van der Waals surface area contributed by atoms with Crippen molar-refractivity contribution in [1.82, 2.24) is 4.98 Å². The first-order chi connectivity index (χ1) is 9.78. The molecular formula is C13H12BrIN2O3S. The van der Waals surface area contributed by atoms with Crippen LogP contribution in [-0.4, -0.2) is 23.1 Å². The Kier molecular flexibility index (Phi) is 6.96. The molecule has 0 unspecified atom stereocenters. The minimum Gasteiger partial charge on any atom is -0.443 e. The number of nitrogens with zero attached hydrogens (tertiary/aromatic N) is 2. The Bertz CT molecular complexity index is 608. The molecule has 0 bridgehead atoms. The molecule has 1 rings (SSSR count). The molecule has 0 radical (unpaired) electrons. The highest BCUT2D eigenvalue weighted by atomic mass is 127. The van der Waals surface area contributed by atoms with Crippen LogP contribution < -0.4 is 4.90 Å². The first kappa shape index (κ1) is 18.3. The van der Waals surface area contributed by atoms with Gasteiger partial charge in [0.1, 0.15) is 5.60 Å². The van der Waals surface area contributed by atoms with Crippen molar-refractivity contribution in [1.29, 1.82) is 0 Å². The summed E-state index contributed by atoms with van der Waals surface area (Å²) in [6.45, 7) is 5.16. The van der Waals surface area contributed by atoms with Crippen molar-refractivity contribution < 1.29 is 14.3 Å². The maximum absolute atomic E-state index is 12.1. The van der Waals surface area contributed by atoms with Gasteiger partial charge in [0.25, 0.3) is 0 Å². The van der Waals surface area contributed by atoms with Crippen molar-refractivity contribution >= 4 is 64.4 Å². The van der Waals surface area contributed by atoms with Gasteiger partial charge < -0.3 is 4.74 Å². The van der Waals surface area contributed by atoms with Gasteiger partial charge in [-0.25, -0.2) is 9.78 Å². The first-order valence-electron chi connectivity index (χ1n) is 5.70. The van der Waals surface area contributed by atoms with E-state index in [0.717, 1.165) is 4.90 Å². The molecule has 5 nitrogen and oxygen atoms in total. The first-order valence-corrected chi connectivity index (χ1v) is 9.85. The Balaban J connectivity index is 3.22. The molecule has 0 saturated carbocycles. The van der Waals surface area contributed by atoms with Crippen LogP contribution in [0.15, 0.2) is 16.7 Å². The van der Waals surface area contributed by atoms with Crippen LogP contribution in [0.4, 0.5) is 10.6 Å². The van der Waals surface area contributed by atoms with E-state index in [1.54, 1.807) is 26.8 Å². The second-order valence-electron chi connectivity index (χ2n) is 4.78. The third-order valence-electron chi connectivity index (χ3n) is 1.98. The highest BCUT2D eigenvalue weighted by Crippen LogP contribution is 2.22. The zero-order valence-corrected chi connectivity index (χ0v) is 16.1. The molecule has 0 aromatic carbocycles. The molecule has 0 aliphatic carbocycles. The largest absolute Gasteiger partial charge is 0.443 e. The smallest absolute Gasteiger partial charge is 0.422 e. The van der Waals surface area contributed by atoms with Crippen molar-refractivity contribution in [3.8, 4) is 11.2 Å². The summed E-state index contributed by atoms with van der Waals surface area (Å²) in [5, 5.41) is 2.80. The van der Waals surface area contributed by atoms with Gasteiger partial charge in [-0.2, -0.15) is 4.90 Å². The molecule has 1 heterocycles. The summed E-state index contributed by atoms with van der Waals surface area (Å²) in [6.07, 6.45) is 1.06. The van der Waals surface area contributed by atoms with E-state index in [1.165, 1.54) is 15.1 Å². The highest BCUT2D eigenvalue weighted by molar-refractivity contribution is 14.2. The fourth-order valence-corrected chi connectivity index (χ4v) is 2.09. The van der Waals surface area contributed by atoms with Crippen LogP contribution in [0.1, 0.15) is 26.3 Å². The Morgan fingerprint density at radius 3 is 2.76 bits per heavy atom. The minimum absolute atomic E-state index is 0.139. The van der Waals surface area contributed by atoms with Crippen LogP contribution in [0, 0.1) is 11.2 Å². The molecule has 1 aromatic rings. The SMILES string of the molecule is CC(C)(C)OC(=O)N(C=O)c1ncc(Br)cc1C#CSI. The van der Waals surface area contributed by atoms with Gasteiger partial charge in [0, 0.05) is 31.9 Å². The van der Waals surface area contributed by atoms with Crippen molar-refractivity contribution in [2.75, 3.05) is 4.90 Å². The van der Waals surface area contributed by atoms with E-state index in [0.29, 0.717) is 16.4 Å². The number of imide groups is 1. The van der Waals surface area contributed by atoms with Gasteiger partial charge in [-0.15, -0.1) is 0 Å². The van der Waals surface area contributed by atoms with E-state index in [2.05, 4.69) is 32.1 Å². The number of pyridine rings is 1. The van der Waals surface area contributed by atoms with Gasteiger partial charge in [0.2, 0.25) is 6.41 Å². The molecule has 1 aromatic heterocycles. The average molecular weight is 483 g/mol. The number of ether oxygens (including phenoxy) is 1. The van der Waals surface area contributed by atoms with Crippen molar-refractivity contribution in [3.63, 3.8) is 0 Å². The number of aromatic nitrogens is 1. The monoisotopic (exact) mass is 482 g/mol. The number of hydrogen-bond acceptors (Lipinski definition) is 5. The Hall–Kier alpha value is -0.790. The third kappa shape index (κ3) is 5.84. The topological polar surface area (TPSA) is 59.5 Å². The molecule has 112 valence electrons. The van der Waals surface area contributed by atoms with Gasteiger partial charge in [-0.05, 0) is 57.0 Å². The fourth-order valence-electron chi connectivity index (χ4n) is 1.28. The molecule has 0 spiro atoms. The minimum atomic E-state index is -0.794. The van der Waals surface area contributed by atoms with Crippen molar-refractivity contribution in [2.45, 2.75) is 26.4 Å². The van der Waals surface area contributed by atoms with Gasteiger partial charge in [-0.3, -0.25) is 4.79 Å². The predicted molar refractivity (Wildman–Crippen MR) is 95.2 cm³/mol. The molecule has 2 amide bonds. The summed E-state index contributed by atoms with van der Waals surface area (Å²) >= 11 is 5.31. The van der Waals surface area contributed by atoms with E-state index >= 15 is 0 Å². The number of rotatable bonds is 2. The van der Waals surface area contributed by atoms with Gasteiger partial charge in [-0.1, -0.05) is 5.92 Å². The lowest BCUT2D eigenvalue weighted by Crippen LogP contribution is -2.36. The lowest BCUT2D eigenvalue weighted by atomic mass is 10.2. The van der Waals surface area contributed by atoms with E-state index in [4.69, 9.17) is 4.74 Å². The quantitative estimate of drug-likeness (QED) is 0.360. The van der Waals surface area contributed by atoms with Crippen molar-refractivity contribution in [3.05, 3.63) is 22.3 Å². The lowest BCUT2D eigenvalue weighted by Gasteiger charge is -2.23. The lowest BCUT2D eigenvalue weighted by molar-refractivity contribution is -0.107. The maximum Gasteiger partial charge on any atom is 0.422 e. The molecule has 0 aliphatic heterocycles. The zero-order valence-electron chi connectivity index (χ0n) is 11.5. The molecule has 0 N–H and O–H groups in total. The molecule has 0 aliphatic rings. The fraction of sp³-hybridized carbons (Fsp3) is 0.308. The molecule has 0 fully saturated rings. The van der Waals surface area contributed by atoms with Crippen LogP contribution in [0.2, 0.25) is 0 Å². The standard InChI is InChI=1S/C13H12BrIN2O3S/c1-13(2,3)20-12(19)17(8-18)11-9(4-5-21-15)6-10(14)7-16-11/h6-8H,1-3H3. The summed E-state index contributed by atoms with van der Waals surface area (Å²) in [6, 6.07) is 1.68. The molecular weight excluding hydrogens is 471 g/mol. The number of carbonyl (C=O) groups excluding carboxylic acids is 2. The summed E-state index contributed by atoms with van der Waals surface area (Å²) in [7, 11) is 1.29. The Morgan fingerprint density at radius 2 is 2.24 bits per heavy atom. The van der Waals surface area contributed by atoms with E-state index in [1.807, 2.05) is 21.2 Å². The molecule has 8 heteroatoms. The van der Waals surface area contributed by atoms with Crippen molar-refractivity contribution in [2.24, 2.45) is 0 Å². The number of carbonyl (C=O) groups is 2. The molecule has 21 heavy (non-hydrogen) atoms. The highest BCUT2D eigenvalue weighted by Gasteiger charge is 2.25. The number of amides is 2. The summed E-state index contributed by atoms with van der Waals surface area (Å²) in [4.78, 5) is 28.2. The number of anilines is 1. The summed E-state index contributed by atoms with van der Waals surface area (Å²) in [5.74, 6) is 2.98.